The lowest BCUT2D eigenvalue weighted by atomic mass is 10.1. The molecule has 2 aromatic heterocycles. The molecule has 5 aromatic rings. The van der Waals surface area contributed by atoms with Crippen molar-refractivity contribution in [2.24, 2.45) is 0 Å². The molecule has 0 aliphatic carbocycles. The van der Waals surface area contributed by atoms with Gasteiger partial charge in [0.2, 0.25) is 0 Å². The number of hydrogen-bond donors (Lipinski definition) is 3. The van der Waals surface area contributed by atoms with Crippen molar-refractivity contribution in [3.8, 4) is 11.3 Å². The minimum Gasteiger partial charge on any atom is -0.355 e. The highest BCUT2D eigenvalue weighted by atomic mass is 35.5. The number of H-pyrrole nitrogens is 1. The number of nitrogens with one attached hydrogen (secondary N) is 3. The Balaban J connectivity index is 1.46. The molecule has 0 aliphatic rings. The van der Waals surface area contributed by atoms with Gasteiger partial charge in [-0.25, -0.2) is 4.98 Å². The first-order valence-corrected chi connectivity index (χ1v) is 11.7. The van der Waals surface area contributed by atoms with Gasteiger partial charge in [0.25, 0.3) is 5.91 Å². The van der Waals surface area contributed by atoms with E-state index in [1.165, 1.54) is 12.1 Å². The number of amides is 1. The van der Waals surface area contributed by atoms with Crippen LogP contribution in [0.1, 0.15) is 21.5 Å². The van der Waals surface area contributed by atoms with Crippen molar-refractivity contribution >= 4 is 45.6 Å². The van der Waals surface area contributed by atoms with Crippen LogP contribution in [-0.4, -0.2) is 15.9 Å². The van der Waals surface area contributed by atoms with Gasteiger partial charge >= 0.3 is 6.18 Å². The van der Waals surface area contributed by atoms with E-state index in [9.17, 15) is 18.0 Å². The van der Waals surface area contributed by atoms with Crippen LogP contribution in [0.5, 0.6) is 0 Å². The molecule has 0 spiro atoms. The van der Waals surface area contributed by atoms with Crippen LogP contribution in [-0.2, 0) is 6.18 Å². The number of halogens is 4. The Bertz CT molecular complexity index is 1630. The lowest BCUT2D eigenvalue weighted by molar-refractivity contribution is -0.137. The zero-order valence-electron chi connectivity index (χ0n) is 19.5. The molecule has 3 aromatic carbocycles. The topological polar surface area (TPSA) is 69.8 Å². The summed E-state index contributed by atoms with van der Waals surface area (Å²) < 4.78 is 39.1. The van der Waals surface area contributed by atoms with E-state index in [-0.39, 0.29) is 5.69 Å². The van der Waals surface area contributed by atoms with Crippen LogP contribution in [0.2, 0.25) is 5.02 Å². The van der Waals surface area contributed by atoms with Crippen molar-refractivity contribution < 1.29 is 18.0 Å². The van der Waals surface area contributed by atoms with Gasteiger partial charge in [0.05, 0.1) is 16.9 Å². The van der Waals surface area contributed by atoms with E-state index in [2.05, 4.69) is 20.6 Å². The highest BCUT2D eigenvalue weighted by molar-refractivity contribution is 6.30. The van der Waals surface area contributed by atoms with Gasteiger partial charge in [0, 0.05) is 39.1 Å². The number of aromatic nitrogens is 2. The minimum atomic E-state index is -4.50. The molecule has 0 unspecified atom stereocenters. The summed E-state index contributed by atoms with van der Waals surface area (Å²) in [5.41, 5.74) is 4.05. The summed E-state index contributed by atoms with van der Waals surface area (Å²) in [5, 5.41) is 7.39. The number of aromatic amines is 1. The average molecular weight is 521 g/mol. The van der Waals surface area contributed by atoms with Crippen molar-refractivity contribution in [2.75, 3.05) is 10.6 Å². The summed E-state index contributed by atoms with van der Waals surface area (Å²) in [6.45, 7) is 1.89. The van der Waals surface area contributed by atoms with Crippen LogP contribution in [0.3, 0.4) is 0 Å². The van der Waals surface area contributed by atoms with E-state index >= 15 is 0 Å². The Hall–Kier alpha value is -4.30. The van der Waals surface area contributed by atoms with E-state index in [0.717, 1.165) is 34.3 Å². The normalized spacial score (nSPS) is 11.5. The summed E-state index contributed by atoms with van der Waals surface area (Å²) >= 11 is 6.17. The highest BCUT2D eigenvalue weighted by Gasteiger charge is 2.30. The SMILES string of the molecule is Cc1ccc(C(=O)Nc2cccc(C(F)(F)F)c2)cc1Nc1cc(-c2cccc(Cl)c2)nc2[nH]ccc12. The van der Waals surface area contributed by atoms with E-state index in [0.29, 0.717) is 27.6 Å². The molecule has 0 aliphatic heterocycles. The number of benzene rings is 3. The highest BCUT2D eigenvalue weighted by Crippen LogP contribution is 2.33. The summed E-state index contributed by atoms with van der Waals surface area (Å²) in [4.78, 5) is 20.7. The molecule has 5 nitrogen and oxygen atoms in total. The first-order valence-electron chi connectivity index (χ1n) is 11.3. The largest absolute Gasteiger partial charge is 0.416 e. The molecule has 0 radical (unpaired) electrons. The average Bonchev–Trinajstić information content (AvgIpc) is 3.34. The predicted molar refractivity (Wildman–Crippen MR) is 140 cm³/mol. The van der Waals surface area contributed by atoms with Crippen LogP contribution in [0.25, 0.3) is 22.3 Å². The monoisotopic (exact) mass is 520 g/mol. The molecule has 0 bridgehead atoms. The van der Waals surface area contributed by atoms with Gasteiger partial charge in [-0.15, -0.1) is 0 Å². The Labute approximate surface area is 215 Å². The van der Waals surface area contributed by atoms with Crippen molar-refractivity contribution in [1.29, 1.82) is 0 Å². The number of pyridine rings is 1. The lowest BCUT2D eigenvalue weighted by Gasteiger charge is -2.14. The Morgan fingerprint density at radius 3 is 2.54 bits per heavy atom. The molecule has 0 atom stereocenters. The second-order valence-corrected chi connectivity index (χ2v) is 8.93. The molecule has 37 heavy (non-hydrogen) atoms. The summed E-state index contributed by atoms with van der Waals surface area (Å²) in [7, 11) is 0. The molecule has 0 saturated carbocycles. The predicted octanol–water partition coefficient (Wildman–Crippen LogP) is 8.21. The third-order valence-corrected chi connectivity index (χ3v) is 6.10. The molecule has 2 heterocycles. The fourth-order valence-corrected chi connectivity index (χ4v) is 4.15. The van der Waals surface area contributed by atoms with Crippen molar-refractivity contribution in [1.82, 2.24) is 9.97 Å². The molecule has 0 saturated heterocycles. The van der Waals surface area contributed by atoms with Gasteiger partial charge in [-0.1, -0.05) is 35.9 Å². The number of carbonyl (C=O) groups is 1. The van der Waals surface area contributed by atoms with Crippen molar-refractivity contribution in [2.45, 2.75) is 13.1 Å². The fraction of sp³-hybridized carbons (Fsp3) is 0.0714. The second kappa shape index (κ2) is 9.63. The van der Waals surface area contributed by atoms with Crippen LogP contribution < -0.4 is 10.6 Å². The van der Waals surface area contributed by atoms with Crippen molar-refractivity contribution in [3.63, 3.8) is 0 Å². The summed E-state index contributed by atoms with van der Waals surface area (Å²) in [6.07, 6.45) is -2.71. The first-order chi connectivity index (χ1) is 17.7. The van der Waals surface area contributed by atoms with Gasteiger partial charge in [0.15, 0.2) is 0 Å². The second-order valence-electron chi connectivity index (χ2n) is 8.49. The van der Waals surface area contributed by atoms with Gasteiger partial charge in [-0.05, 0) is 67.1 Å². The molecule has 0 fully saturated rings. The number of aryl methyl sites for hydroxylation is 1. The Morgan fingerprint density at radius 2 is 1.76 bits per heavy atom. The molecule has 186 valence electrons. The Kier molecular flexibility index (Phi) is 6.35. The van der Waals surface area contributed by atoms with E-state index in [1.54, 1.807) is 30.5 Å². The van der Waals surface area contributed by atoms with Crippen molar-refractivity contribution in [3.05, 3.63) is 107 Å². The van der Waals surface area contributed by atoms with Gasteiger partial charge < -0.3 is 15.6 Å². The van der Waals surface area contributed by atoms with E-state index in [4.69, 9.17) is 11.6 Å². The lowest BCUT2D eigenvalue weighted by Crippen LogP contribution is -2.13. The number of rotatable bonds is 5. The van der Waals surface area contributed by atoms with Gasteiger partial charge in [0.1, 0.15) is 5.65 Å². The molecular formula is C28H20ClF3N4O. The van der Waals surface area contributed by atoms with Crippen LogP contribution in [0, 0.1) is 6.92 Å². The number of anilines is 3. The molecule has 1 amide bonds. The van der Waals surface area contributed by atoms with Gasteiger partial charge in [-0.3, -0.25) is 4.79 Å². The third-order valence-electron chi connectivity index (χ3n) is 5.87. The standard InChI is InChI=1S/C28H20ClF3N4O/c1-16-8-9-18(27(37)34-21-7-3-5-19(14-21)28(30,31)32)13-23(16)35-25-15-24(17-4-2-6-20(29)12-17)36-26-22(25)10-11-33-26/h2-15H,1H3,(H,34,37)(H2,33,35,36). The number of alkyl halides is 3. The van der Waals surface area contributed by atoms with Crippen LogP contribution in [0.15, 0.2) is 85.1 Å². The maximum Gasteiger partial charge on any atom is 0.416 e. The fourth-order valence-electron chi connectivity index (χ4n) is 3.96. The van der Waals surface area contributed by atoms with Crippen LogP contribution in [0.4, 0.5) is 30.2 Å². The zero-order chi connectivity index (χ0) is 26.2. The number of fused-ring (bicyclic) bond motifs is 1. The summed E-state index contributed by atoms with van der Waals surface area (Å²) in [5.74, 6) is -0.525. The quantitative estimate of drug-likeness (QED) is 0.219. The van der Waals surface area contributed by atoms with E-state index < -0.39 is 17.6 Å². The van der Waals surface area contributed by atoms with Gasteiger partial charge in [-0.2, -0.15) is 13.2 Å². The third kappa shape index (κ3) is 5.29. The zero-order valence-corrected chi connectivity index (χ0v) is 20.2. The first kappa shape index (κ1) is 24.4. The van der Waals surface area contributed by atoms with Crippen LogP contribution >= 0.6 is 11.6 Å². The molecular weight excluding hydrogens is 501 g/mol. The Morgan fingerprint density at radius 1 is 0.946 bits per heavy atom. The molecule has 5 rings (SSSR count). The maximum atomic E-state index is 13.0. The molecule has 9 heteroatoms. The summed E-state index contributed by atoms with van der Waals surface area (Å²) in [6, 6.07) is 20.8. The number of hydrogen-bond acceptors (Lipinski definition) is 3. The number of nitrogens with zero attached hydrogens (tertiary/aromatic N) is 1. The molecule has 3 N–H and O–H groups in total. The maximum absolute atomic E-state index is 13.0. The van der Waals surface area contributed by atoms with E-state index in [1.807, 2.05) is 37.3 Å². The smallest absolute Gasteiger partial charge is 0.355 e. The number of carbonyl (C=O) groups excluding carboxylic acids is 1. The minimum absolute atomic E-state index is 0.0595.